The van der Waals surface area contributed by atoms with Crippen molar-refractivity contribution >= 4 is 17.6 Å². The molecule has 1 aromatic heterocycles. The van der Waals surface area contributed by atoms with Crippen molar-refractivity contribution in [1.29, 1.82) is 0 Å². The molecular formula is C21H32N4O2. The van der Waals surface area contributed by atoms with Gasteiger partial charge in [-0.25, -0.2) is 4.98 Å². The van der Waals surface area contributed by atoms with E-state index in [1.807, 2.05) is 19.1 Å². The van der Waals surface area contributed by atoms with Gasteiger partial charge in [-0.05, 0) is 63.2 Å². The first kappa shape index (κ1) is 19.8. The van der Waals surface area contributed by atoms with E-state index in [1.165, 1.54) is 19.3 Å². The average Bonchev–Trinajstić information content (AvgIpc) is 2.66. The standard InChI is InChI=1S/C21H32N4O2/c1-15-7-8-19(22-13-15)24-21(27)17-9-11-25(12-10-17)14-20(26)23-18-6-4-3-5-16(18)2/h7-8,13,16-18H,3-6,9-12,14H2,1-2H3,(H,23,26)(H,22,24,27)/t16-,18+/m1/s1. The van der Waals surface area contributed by atoms with Gasteiger partial charge in [0.2, 0.25) is 11.8 Å². The monoisotopic (exact) mass is 372 g/mol. The van der Waals surface area contributed by atoms with Crippen LogP contribution >= 0.6 is 0 Å². The Hall–Kier alpha value is -1.95. The topological polar surface area (TPSA) is 74.3 Å². The minimum Gasteiger partial charge on any atom is -0.352 e. The summed E-state index contributed by atoms with van der Waals surface area (Å²) >= 11 is 0. The first-order valence-corrected chi connectivity index (χ1v) is 10.3. The second kappa shape index (κ2) is 9.31. The van der Waals surface area contributed by atoms with Crippen LogP contribution in [0.25, 0.3) is 0 Å². The number of anilines is 1. The van der Waals surface area contributed by atoms with E-state index in [-0.39, 0.29) is 17.7 Å². The van der Waals surface area contributed by atoms with Crippen molar-refractivity contribution in [2.24, 2.45) is 11.8 Å². The SMILES string of the molecule is Cc1ccc(NC(=O)C2CCN(CC(=O)N[C@H]3CCCC[C@H]3C)CC2)nc1. The maximum atomic E-state index is 12.4. The number of carbonyl (C=O) groups is 2. The summed E-state index contributed by atoms with van der Waals surface area (Å²) in [5.74, 6) is 1.33. The first-order valence-electron chi connectivity index (χ1n) is 10.3. The van der Waals surface area contributed by atoms with E-state index in [4.69, 9.17) is 0 Å². The molecule has 2 amide bonds. The van der Waals surface area contributed by atoms with Gasteiger partial charge in [-0.2, -0.15) is 0 Å². The summed E-state index contributed by atoms with van der Waals surface area (Å²) in [6, 6.07) is 4.10. The van der Waals surface area contributed by atoms with Crippen molar-refractivity contribution in [2.75, 3.05) is 25.0 Å². The Balaban J connectivity index is 1.39. The largest absolute Gasteiger partial charge is 0.352 e. The van der Waals surface area contributed by atoms with Crippen LogP contribution in [-0.2, 0) is 9.59 Å². The average molecular weight is 373 g/mol. The lowest BCUT2D eigenvalue weighted by molar-refractivity contribution is -0.124. The zero-order valence-electron chi connectivity index (χ0n) is 16.5. The number of nitrogens with zero attached hydrogens (tertiary/aromatic N) is 2. The maximum absolute atomic E-state index is 12.4. The molecular weight excluding hydrogens is 340 g/mol. The highest BCUT2D eigenvalue weighted by molar-refractivity contribution is 5.91. The summed E-state index contributed by atoms with van der Waals surface area (Å²) in [5, 5.41) is 6.12. The second-order valence-electron chi connectivity index (χ2n) is 8.20. The van der Waals surface area contributed by atoms with Crippen molar-refractivity contribution in [3.63, 3.8) is 0 Å². The number of aryl methyl sites for hydroxylation is 1. The predicted octanol–water partition coefficient (Wildman–Crippen LogP) is 2.74. The van der Waals surface area contributed by atoms with Crippen LogP contribution in [0, 0.1) is 18.8 Å². The Morgan fingerprint density at radius 2 is 1.89 bits per heavy atom. The minimum atomic E-state index is -0.00854. The summed E-state index contributed by atoms with van der Waals surface area (Å²) in [6.45, 7) is 6.22. The number of amides is 2. The highest BCUT2D eigenvalue weighted by atomic mass is 16.2. The summed E-state index contributed by atoms with van der Waals surface area (Å²) in [4.78, 5) is 31.2. The quantitative estimate of drug-likeness (QED) is 0.833. The van der Waals surface area contributed by atoms with E-state index in [9.17, 15) is 9.59 Å². The van der Waals surface area contributed by atoms with Crippen molar-refractivity contribution in [1.82, 2.24) is 15.2 Å². The van der Waals surface area contributed by atoms with Crippen LogP contribution in [0.1, 0.15) is 51.0 Å². The molecule has 1 saturated carbocycles. The number of hydrogen-bond donors (Lipinski definition) is 2. The van der Waals surface area contributed by atoms with Gasteiger partial charge in [0.25, 0.3) is 0 Å². The molecule has 0 aromatic carbocycles. The zero-order valence-corrected chi connectivity index (χ0v) is 16.5. The van der Waals surface area contributed by atoms with Crippen LogP contribution in [0.4, 0.5) is 5.82 Å². The van der Waals surface area contributed by atoms with Gasteiger partial charge in [0.05, 0.1) is 6.54 Å². The molecule has 0 radical (unpaired) electrons. The van der Waals surface area contributed by atoms with Crippen molar-refractivity contribution < 1.29 is 9.59 Å². The molecule has 1 aromatic rings. The number of carbonyl (C=O) groups excluding carboxylic acids is 2. The maximum Gasteiger partial charge on any atom is 0.234 e. The van der Waals surface area contributed by atoms with Crippen LogP contribution in [0.15, 0.2) is 18.3 Å². The van der Waals surface area contributed by atoms with Gasteiger partial charge in [-0.3, -0.25) is 14.5 Å². The fraction of sp³-hybridized carbons (Fsp3) is 0.667. The molecule has 1 aliphatic carbocycles. The summed E-state index contributed by atoms with van der Waals surface area (Å²) in [6.07, 6.45) is 8.12. The number of hydrogen-bond acceptors (Lipinski definition) is 4. The van der Waals surface area contributed by atoms with Crippen LogP contribution < -0.4 is 10.6 Å². The van der Waals surface area contributed by atoms with Gasteiger partial charge in [-0.1, -0.05) is 25.8 Å². The molecule has 2 atom stereocenters. The molecule has 1 saturated heterocycles. The van der Waals surface area contributed by atoms with Crippen molar-refractivity contribution in [3.05, 3.63) is 23.9 Å². The number of nitrogens with one attached hydrogen (secondary N) is 2. The van der Waals surface area contributed by atoms with E-state index < -0.39 is 0 Å². The Morgan fingerprint density at radius 3 is 2.56 bits per heavy atom. The number of pyridine rings is 1. The molecule has 6 heteroatoms. The molecule has 0 spiro atoms. The lowest BCUT2D eigenvalue weighted by Crippen LogP contribution is -2.47. The molecule has 3 rings (SSSR count). The Kier molecular flexibility index (Phi) is 6.83. The van der Waals surface area contributed by atoms with Crippen molar-refractivity contribution in [3.8, 4) is 0 Å². The molecule has 148 valence electrons. The molecule has 6 nitrogen and oxygen atoms in total. The predicted molar refractivity (Wildman–Crippen MR) is 106 cm³/mol. The molecule has 2 aliphatic rings. The number of piperidine rings is 1. The highest BCUT2D eigenvalue weighted by Gasteiger charge is 2.27. The van der Waals surface area contributed by atoms with Gasteiger partial charge < -0.3 is 10.6 Å². The van der Waals surface area contributed by atoms with Crippen LogP contribution in [0.5, 0.6) is 0 Å². The van der Waals surface area contributed by atoms with Crippen LogP contribution in [0.3, 0.4) is 0 Å². The Morgan fingerprint density at radius 1 is 1.15 bits per heavy atom. The van der Waals surface area contributed by atoms with Crippen LogP contribution in [-0.4, -0.2) is 47.4 Å². The van der Waals surface area contributed by atoms with E-state index in [0.29, 0.717) is 24.3 Å². The van der Waals surface area contributed by atoms with E-state index in [2.05, 4.69) is 27.4 Å². The number of likely N-dealkylation sites (tertiary alicyclic amines) is 1. The highest BCUT2D eigenvalue weighted by Crippen LogP contribution is 2.24. The first-order chi connectivity index (χ1) is 13.0. The van der Waals surface area contributed by atoms with E-state index in [0.717, 1.165) is 37.9 Å². The number of aromatic nitrogens is 1. The minimum absolute atomic E-state index is 0.00854. The van der Waals surface area contributed by atoms with Gasteiger partial charge in [0.1, 0.15) is 5.82 Å². The zero-order chi connectivity index (χ0) is 19.2. The van der Waals surface area contributed by atoms with Gasteiger partial charge in [0, 0.05) is 18.2 Å². The molecule has 27 heavy (non-hydrogen) atoms. The molecule has 2 N–H and O–H groups in total. The van der Waals surface area contributed by atoms with Gasteiger partial charge in [-0.15, -0.1) is 0 Å². The Labute approximate surface area is 162 Å². The smallest absolute Gasteiger partial charge is 0.234 e. The summed E-state index contributed by atoms with van der Waals surface area (Å²) in [7, 11) is 0. The molecule has 2 fully saturated rings. The van der Waals surface area contributed by atoms with E-state index in [1.54, 1.807) is 6.20 Å². The van der Waals surface area contributed by atoms with E-state index >= 15 is 0 Å². The van der Waals surface area contributed by atoms with Crippen molar-refractivity contribution in [2.45, 2.75) is 58.4 Å². The third kappa shape index (κ3) is 5.76. The third-order valence-electron chi connectivity index (χ3n) is 5.95. The van der Waals surface area contributed by atoms with Gasteiger partial charge >= 0.3 is 0 Å². The fourth-order valence-electron chi connectivity index (χ4n) is 4.11. The third-order valence-corrected chi connectivity index (χ3v) is 5.95. The molecule has 1 aliphatic heterocycles. The lowest BCUT2D eigenvalue weighted by Gasteiger charge is -2.33. The van der Waals surface area contributed by atoms with Gasteiger partial charge in [0.15, 0.2) is 0 Å². The Bertz CT molecular complexity index is 638. The number of rotatable bonds is 5. The lowest BCUT2D eigenvalue weighted by atomic mass is 9.86. The fourth-order valence-corrected chi connectivity index (χ4v) is 4.11. The van der Waals surface area contributed by atoms with Crippen LogP contribution in [0.2, 0.25) is 0 Å². The normalized spacial score (nSPS) is 24.4. The summed E-state index contributed by atoms with van der Waals surface area (Å²) in [5.41, 5.74) is 1.07. The molecule has 0 unspecified atom stereocenters. The molecule has 2 heterocycles. The summed E-state index contributed by atoms with van der Waals surface area (Å²) < 4.78 is 0. The molecule has 0 bridgehead atoms. The second-order valence-corrected chi connectivity index (χ2v) is 8.20.